The highest BCUT2D eigenvalue weighted by Gasteiger charge is 2.04. The first-order valence-electron chi connectivity index (χ1n) is 5.84. The minimum absolute atomic E-state index is 0.144. The van der Waals surface area contributed by atoms with E-state index in [1.165, 1.54) is 12.1 Å². The van der Waals surface area contributed by atoms with E-state index in [0.29, 0.717) is 25.3 Å². The number of hydrogen-bond acceptors (Lipinski definition) is 3. The Morgan fingerprint density at radius 2 is 1.89 bits per heavy atom. The van der Waals surface area contributed by atoms with Crippen LogP contribution in [0.3, 0.4) is 0 Å². The third-order valence-electron chi connectivity index (χ3n) is 2.24. The molecule has 1 rings (SSSR count). The normalized spacial score (nSPS) is 10.1. The molecule has 1 aromatic rings. The average molecular weight is 251 g/mol. The van der Waals surface area contributed by atoms with Crippen LogP contribution in [-0.4, -0.2) is 30.2 Å². The first-order valence-corrected chi connectivity index (χ1v) is 5.84. The van der Waals surface area contributed by atoms with Crippen molar-refractivity contribution in [2.45, 2.75) is 19.8 Å². The van der Waals surface area contributed by atoms with E-state index in [1.807, 2.05) is 6.92 Å². The highest BCUT2D eigenvalue weighted by Crippen LogP contribution is 2.09. The van der Waals surface area contributed by atoms with Crippen molar-refractivity contribution in [2.24, 2.45) is 0 Å². The number of ether oxygens (including phenoxy) is 1. The molecule has 0 unspecified atom stereocenters. The summed E-state index contributed by atoms with van der Waals surface area (Å²) in [4.78, 5) is 22.1. The van der Waals surface area contributed by atoms with Gasteiger partial charge >= 0.3 is 5.97 Å². The van der Waals surface area contributed by atoms with Crippen LogP contribution in [-0.2, 0) is 9.53 Å². The minimum atomic E-state index is -0.985. The Morgan fingerprint density at radius 3 is 2.44 bits per heavy atom. The van der Waals surface area contributed by atoms with Crippen molar-refractivity contribution in [1.29, 1.82) is 0 Å². The first-order chi connectivity index (χ1) is 8.63. The molecule has 0 saturated heterocycles. The third kappa shape index (κ3) is 4.97. The molecule has 0 radical (unpaired) electrons. The van der Waals surface area contributed by atoms with Crippen LogP contribution in [0.5, 0.6) is 0 Å². The van der Waals surface area contributed by atoms with Gasteiger partial charge in [0.05, 0.1) is 18.6 Å². The van der Waals surface area contributed by atoms with Gasteiger partial charge in [0.2, 0.25) is 5.91 Å². The number of aromatic carboxylic acids is 1. The van der Waals surface area contributed by atoms with Crippen LogP contribution in [0.15, 0.2) is 24.3 Å². The maximum absolute atomic E-state index is 11.5. The van der Waals surface area contributed by atoms with Crippen molar-refractivity contribution >= 4 is 17.6 Å². The summed E-state index contributed by atoms with van der Waals surface area (Å²) in [7, 11) is 0. The molecule has 0 aliphatic heterocycles. The number of carboxylic acids is 1. The fourth-order valence-corrected chi connectivity index (χ4v) is 1.33. The van der Waals surface area contributed by atoms with Crippen LogP contribution in [0.1, 0.15) is 30.1 Å². The van der Waals surface area contributed by atoms with Crippen LogP contribution < -0.4 is 5.32 Å². The van der Waals surface area contributed by atoms with Crippen LogP contribution in [0, 0.1) is 0 Å². The Bertz CT molecular complexity index is 400. The van der Waals surface area contributed by atoms with Gasteiger partial charge in [-0.3, -0.25) is 4.79 Å². The van der Waals surface area contributed by atoms with Crippen LogP contribution >= 0.6 is 0 Å². The summed E-state index contributed by atoms with van der Waals surface area (Å²) >= 11 is 0. The van der Waals surface area contributed by atoms with E-state index in [-0.39, 0.29) is 11.5 Å². The molecule has 0 aliphatic carbocycles. The molecule has 0 spiro atoms. The number of anilines is 1. The second kappa shape index (κ2) is 7.45. The molecular formula is C13H17NO4. The van der Waals surface area contributed by atoms with E-state index < -0.39 is 5.97 Å². The van der Waals surface area contributed by atoms with Gasteiger partial charge in [-0.2, -0.15) is 0 Å². The molecule has 0 aromatic heterocycles. The molecule has 0 heterocycles. The molecular weight excluding hydrogens is 234 g/mol. The molecule has 5 heteroatoms. The molecule has 0 aliphatic rings. The third-order valence-corrected chi connectivity index (χ3v) is 2.24. The minimum Gasteiger partial charge on any atom is -0.478 e. The van der Waals surface area contributed by atoms with E-state index in [0.717, 1.165) is 6.42 Å². The molecule has 98 valence electrons. The predicted molar refractivity (Wildman–Crippen MR) is 67.8 cm³/mol. The van der Waals surface area contributed by atoms with Gasteiger partial charge in [-0.1, -0.05) is 6.92 Å². The summed E-state index contributed by atoms with van der Waals surface area (Å²) in [5.74, 6) is -1.13. The van der Waals surface area contributed by atoms with Crippen molar-refractivity contribution in [1.82, 2.24) is 0 Å². The number of hydrogen-bond donors (Lipinski definition) is 2. The zero-order chi connectivity index (χ0) is 13.4. The van der Waals surface area contributed by atoms with Gasteiger partial charge < -0.3 is 15.2 Å². The standard InChI is InChI=1S/C13H17NO4/c1-2-8-18-9-7-12(15)14-11-5-3-10(4-6-11)13(16)17/h3-6H,2,7-9H2,1H3,(H,14,15)(H,16,17). The number of nitrogens with one attached hydrogen (secondary N) is 1. The summed E-state index contributed by atoms with van der Waals surface area (Å²) in [6, 6.07) is 6.03. The maximum atomic E-state index is 11.5. The van der Waals surface area contributed by atoms with Crippen molar-refractivity contribution in [3.8, 4) is 0 Å². The Balaban J connectivity index is 2.37. The Kier molecular flexibility index (Phi) is 5.87. The van der Waals surface area contributed by atoms with E-state index in [1.54, 1.807) is 12.1 Å². The number of rotatable bonds is 7. The largest absolute Gasteiger partial charge is 0.478 e. The lowest BCUT2D eigenvalue weighted by Crippen LogP contribution is -2.14. The molecule has 1 aromatic carbocycles. The monoisotopic (exact) mass is 251 g/mol. The van der Waals surface area contributed by atoms with Gasteiger partial charge in [0.25, 0.3) is 0 Å². The van der Waals surface area contributed by atoms with E-state index >= 15 is 0 Å². The number of carbonyl (C=O) groups is 2. The molecule has 0 atom stereocenters. The molecule has 5 nitrogen and oxygen atoms in total. The number of carbonyl (C=O) groups excluding carboxylic acids is 1. The fraction of sp³-hybridized carbons (Fsp3) is 0.385. The van der Waals surface area contributed by atoms with Crippen LogP contribution in [0.4, 0.5) is 5.69 Å². The zero-order valence-corrected chi connectivity index (χ0v) is 10.3. The Labute approximate surface area is 106 Å². The van der Waals surface area contributed by atoms with Gasteiger partial charge in [0.15, 0.2) is 0 Å². The van der Waals surface area contributed by atoms with Gasteiger partial charge in [0.1, 0.15) is 0 Å². The van der Waals surface area contributed by atoms with Crippen molar-refractivity contribution < 1.29 is 19.4 Å². The molecule has 0 fully saturated rings. The number of amides is 1. The Hall–Kier alpha value is -1.88. The topological polar surface area (TPSA) is 75.6 Å². The summed E-state index contributed by atoms with van der Waals surface area (Å²) in [5.41, 5.74) is 0.778. The van der Waals surface area contributed by atoms with Crippen molar-refractivity contribution in [2.75, 3.05) is 18.5 Å². The quantitative estimate of drug-likeness (QED) is 0.728. The fourth-order valence-electron chi connectivity index (χ4n) is 1.33. The maximum Gasteiger partial charge on any atom is 0.335 e. The second-order valence-corrected chi connectivity index (χ2v) is 3.79. The lowest BCUT2D eigenvalue weighted by atomic mass is 10.2. The molecule has 2 N–H and O–H groups in total. The highest BCUT2D eigenvalue weighted by atomic mass is 16.5. The van der Waals surface area contributed by atoms with Crippen molar-refractivity contribution in [3.05, 3.63) is 29.8 Å². The number of carboxylic acid groups (broad SMARTS) is 1. The smallest absolute Gasteiger partial charge is 0.335 e. The lowest BCUT2D eigenvalue weighted by Gasteiger charge is -2.06. The van der Waals surface area contributed by atoms with Crippen LogP contribution in [0.25, 0.3) is 0 Å². The molecule has 1 amide bonds. The number of benzene rings is 1. The zero-order valence-electron chi connectivity index (χ0n) is 10.3. The van der Waals surface area contributed by atoms with E-state index in [4.69, 9.17) is 9.84 Å². The van der Waals surface area contributed by atoms with Crippen molar-refractivity contribution in [3.63, 3.8) is 0 Å². The lowest BCUT2D eigenvalue weighted by molar-refractivity contribution is -0.117. The molecule has 0 saturated carbocycles. The SMILES string of the molecule is CCCOCCC(=O)Nc1ccc(C(=O)O)cc1. The average Bonchev–Trinajstić information content (AvgIpc) is 2.35. The summed E-state index contributed by atoms with van der Waals surface area (Å²) in [5, 5.41) is 11.4. The summed E-state index contributed by atoms with van der Waals surface area (Å²) < 4.78 is 5.20. The Morgan fingerprint density at radius 1 is 1.22 bits per heavy atom. The van der Waals surface area contributed by atoms with Gasteiger partial charge in [0, 0.05) is 12.3 Å². The summed E-state index contributed by atoms with van der Waals surface area (Å²) in [6.45, 7) is 3.05. The second-order valence-electron chi connectivity index (χ2n) is 3.79. The van der Waals surface area contributed by atoms with Crippen LogP contribution in [0.2, 0.25) is 0 Å². The highest BCUT2D eigenvalue weighted by molar-refractivity contribution is 5.92. The van der Waals surface area contributed by atoms with Gasteiger partial charge in [-0.05, 0) is 30.7 Å². The molecule has 18 heavy (non-hydrogen) atoms. The van der Waals surface area contributed by atoms with Gasteiger partial charge in [-0.15, -0.1) is 0 Å². The first kappa shape index (κ1) is 14.2. The predicted octanol–water partition coefficient (Wildman–Crippen LogP) is 2.14. The van der Waals surface area contributed by atoms with E-state index in [9.17, 15) is 9.59 Å². The van der Waals surface area contributed by atoms with E-state index in [2.05, 4.69) is 5.32 Å². The van der Waals surface area contributed by atoms with Gasteiger partial charge in [-0.25, -0.2) is 4.79 Å². The summed E-state index contributed by atoms with van der Waals surface area (Å²) in [6.07, 6.45) is 1.22. The molecule has 0 bridgehead atoms.